The average Bonchev–Trinajstić information content (AvgIpc) is 2.90. The molecule has 1 aromatic heterocycles. The van der Waals surface area contributed by atoms with Gasteiger partial charge in [0.05, 0.1) is 18.3 Å². The second kappa shape index (κ2) is 7.31. The Balaban J connectivity index is 2.56. The molecule has 3 N–H and O–H groups in total. The summed E-state index contributed by atoms with van der Waals surface area (Å²) in [5.41, 5.74) is 5.90. The Morgan fingerprint density at radius 1 is 1.53 bits per heavy atom. The summed E-state index contributed by atoms with van der Waals surface area (Å²) in [4.78, 5) is 14.0. The van der Waals surface area contributed by atoms with Crippen LogP contribution in [0.25, 0.3) is 0 Å². The van der Waals surface area contributed by atoms with Crippen LogP contribution in [0.1, 0.15) is 32.1 Å². The lowest BCUT2D eigenvalue weighted by Gasteiger charge is -2.24. The maximum absolute atomic E-state index is 12.0. The molecule has 0 radical (unpaired) electrons. The zero-order valence-electron chi connectivity index (χ0n) is 12.2. The van der Waals surface area contributed by atoms with Gasteiger partial charge in [0.15, 0.2) is 0 Å². The molecule has 1 amide bonds. The fraction of sp³-hybridized carbons (Fsp3) is 0.643. The van der Waals surface area contributed by atoms with Crippen LogP contribution in [0.4, 0.5) is 0 Å². The summed E-state index contributed by atoms with van der Waals surface area (Å²) in [6.07, 6.45) is 2.53. The number of hydrogen-bond donors (Lipinski definition) is 2. The summed E-state index contributed by atoms with van der Waals surface area (Å²) in [7, 11) is 3.90. The number of nitrogens with one attached hydrogen (secondary N) is 1. The smallest absolute Gasteiger partial charge is 0.237 e. The van der Waals surface area contributed by atoms with E-state index in [4.69, 9.17) is 10.2 Å². The molecule has 0 saturated heterocycles. The number of likely N-dealkylation sites (N-methyl/N-ethyl adjacent to an activating group) is 1. The van der Waals surface area contributed by atoms with Gasteiger partial charge in [-0.3, -0.25) is 9.69 Å². The Morgan fingerprint density at radius 3 is 2.68 bits per heavy atom. The van der Waals surface area contributed by atoms with Gasteiger partial charge in [0, 0.05) is 6.54 Å². The summed E-state index contributed by atoms with van der Waals surface area (Å²) in [6, 6.07) is 3.32. The molecule has 108 valence electrons. The molecule has 1 heterocycles. The third kappa shape index (κ3) is 4.36. The fourth-order valence-corrected chi connectivity index (χ4v) is 1.85. The molecule has 5 nitrogen and oxygen atoms in total. The predicted octanol–water partition coefficient (Wildman–Crippen LogP) is 1.37. The van der Waals surface area contributed by atoms with Crippen molar-refractivity contribution in [2.75, 3.05) is 20.6 Å². The molecule has 3 atom stereocenters. The first-order valence-corrected chi connectivity index (χ1v) is 6.70. The predicted molar refractivity (Wildman–Crippen MR) is 75.6 cm³/mol. The quantitative estimate of drug-likeness (QED) is 0.782. The molecule has 0 aliphatic rings. The van der Waals surface area contributed by atoms with Gasteiger partial charge < -0.3 is 15.5 Å². The van der Waals surface area contributed by atoms with Crippen LogP contribution in [-0.2, 0) is 4.79 Å². The van der Waals surface area contributed by atoms with Crippen LogP contribution in [0.3, 0.4) is 0 Å². The van der Waals surface area contributed by atoms with Gasteiger partial charge in [-0.1, -0.05) is 20.3 Å². The highest BCUT2D eigenvalue weighted by molar-refractivity contribution is 5.81. The summed E-state index contributed by atoms with van der Waals surface area (Å²) >= 11 is 0. The zero-order chi connectivity index (χ0) is 14.4. The summed E-state index contributed by atoms with van der Waals surface area (Å²) < 4.78 is 5.39. The van der Waals surface area contributed by atoms with Crippen molar-refractivity contribution in [3.63, 3.8) is 0 Å². The second-order valence-electron chi connectivity index (χ2n) is 5.15. The minimum atomic E-state index is -0.454. The molecule has 2 unspecified atom stereocenters. The van der Waals surface area contributed by atoms with E-state index in [1.54, 1.807) is 6.26 Å². The molecule has 0 bridgehead atoms. The first kappa shape index (κ1) is 15.7. The van der Waals surface area contributed by atoms with Gasteiger partial charge in [-0.25, -0.2) is 0 Å². The van der Waals surface area contributed by atoms with Crippen LogP contribution in [0.5, 0.6) is 0 Å². The van der Waals surface area contributed by atoms with Crippen molar-refractivity contribution in [1.82, 2.24) is 10.2 Å². The Hall–Kier alpha value is -1.33. The van der Waals surface area contributed by atoms with Gasteiger partial charge in [0.25, 0.3) is 0 Å². The normalized spacial score (nSPS) is 16.1. The van der Waals surface area contributed by atoms with Crippen molar-refractivity contribution in [2.24, 2.45) is 11.7 Å². The van der Waals surface area contributed by atoms with E-state index in [1.165, 1.54) is 0 Å². The van der Waals surface area contributed by atoms with E-state index < -0.39 is 6.04 Å². The van der Waals surface area contributed by atoms with E-state index in [0.29, 0.717) is 6.54 Å². The standard InChI is InChI=1S/C14H25N3O2/c1-5-10(2)13(15)14(18)16-9-11(17(3)4)12-7-6-8-19-12/h6-8,10-11,13H,5,9,15H2,1-4H3,(H,16,18)/t10?,11?,13-/m0/s1. The maximum Gasteiger partial charge on any atom is 0.237 e. The van der Waals surface area contributed by atoms with E-state index in [9.17, 15) is 4.79 Å². The number of carbonyl (C=O) groups excluding carboxylic acids is 1. The van der Waals surface area contributed by atoms with Gasteiger partial charge in [0.1, 0.15) is 5.76 Å². The molecule has 0 spiro atoms. The number of nitrogens with zero attached hydrogens (tertiary/aromatic N) is 1. The van der Waals surface area contributed by atoms with Crippen molar-refractivity contribution in [1.29, 1.82) is 0 Å². The fourth-order valence-electron chi connectivity index (χ4n) is 1.85. The molecule has 1 rings (SSSR count). The highest BCUT2D eigenvalue weighted by Gasteiger charge is 2.22. The SMILES string of the molecule is CCC(C)[C@H](N)C(=O)NCC(c1ccco1)N(C)C. The number of hydrogen-bond acceptors (Lipinski definition) is 4. The lowest BCUT2D eigenvalue weighted by Crippen LogP contribution is -2.46. The van der Waals surface area contributed by atoms with Crippen molar-refractivity contribution in [3.05, 3.63) is 24.2 Å². The molecule has 19 heavy (non-hydrogen) atoms. The Labute approximate surface area is 115 Å². The van der Waals surface area contributed by atoms with Crippen molar-refractivity contribution in [2.45, 2.75) is 32.4 Å². The molecule has 0 aliphatic carbocycles. The first-order chi connectivity index (χ1) is 8.97. The van der Waals surface area contributed by atoms with Crippen molar-refractivity contribution in [3.8, 4) is 0 Å². The highest BCUT2D eigenvalue weighted by Crippen LogP contribution is 2.17. The lowest BCUT2D eigenvalue weighted by molar-refractivity contribution is -0.123. The highest BCUT2D eigenvalue weighted by atomic mass is 16.3. The first-order valence-electron chi connectivity index (χ1n) is 6.70. The molecule has 5 heteroatoms. The third-order valence-corrected chi connectivity index (χ3v) is 3.52. The van der Waals surface area contributed by atoms with Crippen LogP contribution in [0.15, 0.2) is 22.8 Å². The van der Waals surface area contributed by atoms with E-state index in [2.05, 4.69) is 5.32 Å². The Kier molecular flexibility index (Phi) is 6.05. The van der Waals surface area contributed by atoms with Crippen LogP contribution in [-0.4, -0.2) is 37.5 Å². The monoisotopic (exact) mass is 267 g/mol. The van der Waals surface area contributed by atoms with E-state index in [1.807, 2.05) is 45.0 Å². The van der Waals surface area contributed by atoms with Gasteiger partial charge in [-0.2, -0.15) is 0 Å². The summed E-state index contributed by atoms with van der Waals surface area (Å²) in [5, 5.41) is 2.90. The van der Waals surface area contributed by atoms with E-state index in [-0.39, 0.29) is 17.9 Å². The van der Waals surface area contributed by atoms with Gasteiger partial charge in [-0.15, -0.1) is 0 Å². The molecular weight excluding hydrogens is 242 g/mol. The Morgan fingerprint density at radius 2 is 2.21 bits per heavy atom. The van der Waals surface area contributed by atoms with Gasteiger partial charge in [-0.05, 0) is 32.1 Å². The molecule has 0 aromatic carbocycles. The largest absolute Gasteiger partial charge is 0.468 e. The second-order valence-corrected chi connectivity index (χ2v) is 5.15. The summed E-state index contributed by atoms with van der Waals surface area (Å²) in [5.74, 6) is 0.914. The van der Waals surface area contributed by atoms with Crippen molar-refractivity contribution < 1.29 is 9.21 Å². The topological polar surface area (TPSA) is 71.5 Å². The van der Waals surface area contributed by atoms with Gasteiger partial charge >= 0.3 is 0 Å². The molecule has 0 saturated carbocycles. The molecule has 0 fully saturated rings. The minimum Gasteiger partial charge on any atom is -0.468 e. The summed E-state index contributed by atoms with van der Waals surface area (Å²) in [6.45, 7) is 4.51. The number of rotatable bonds is 7. The van der Waals surface area contributed by atoms with Crippen LogP contribution in [0.2, 0.25) is 0 Å². The number of nitrogens with two attached hydrogens (primary N) is 1. The third-order valence-electron chi connectivity index (χ3n) is 3.52. The van der Waals surface area contributed by atoms with Crippen LogP contribution >= 0.6 is 0 Å². The number of amides is 1. The number of carbonyl (C=O) groups is 1. The van der Waals surface area contributed by atoms with Gasteiger partial charge in [0.2, 0.25) is 5.91 Å². The molecular formula is C14H25N3O2. The minimum absolute atomic E-state index is 0.0167. The van der Waals surface area contributed by atoms with E-state index >= 15 is 0 Å². The van der Waals surface area contributed by atoms with Crippen LogP contribution in [0, 0.1) is 5.92 Å². The average molecular weight is 267 g/mol. The zero-order valence-corrected chi connectivity index (χ0v) is 12.2. The van der Waals surface area contributed by atoms with Crippen molar-refractivity contribution >= 4 is 5.91 Å². The van der Waals surface area contributed by atoms with Crippen LogP contribution < -0.4 is 11.1 Å². The maximum atomic E-state index is 12.0. The number of furan rings is 1. The van der Waals surface area contributed by atoms with E-state index in [0.717, 1.165) is 12.2 Å². The lowest BCUT2D eigenvalue weighted by atomic mass is 9.99. The molecule has 0 aliphatic heterocycles. The molecule has 1 aromatic rings. The Bertz CT molecular complexity index is 376.